The van der Waals surface area contributed by atoms with Crippen molar-refractivity contribution >= 4 is 24.2 Å². The number of carboxylic acid groups (broad SMARTS) is 1. The molecule has 0 saturated carbocycles. The van der Waals surface area contributed by atoms with Crippen LogP contribution in [0.2, 0.25) is 0 Å². The summed E-state index contributed by atoms with van der Waals surface area (Å²) in [6, 6.07) is 3.02. The number of pyridine rings is 1. The standard InChI is InChI=1S/C11H17N3O2.ClH/c1-14(2)7-3-5-12-10-8-9(11(15)16)4-6-13-10;/h4,6,8H,3,5,7H2,1-2H3,(H,12,13)(H,15,16);1H. The molecule has 1 heterocycles. The molecule has 0 spiro atoms. The Balaban J connectivity index is 0.00000256. The number of aromatic nitrogens is 1. The average Bonchev–Trinajstić information content (AvgIpc) is 2.24. The minimum Gasteiger partial charge on any atom is -0.478 e. The zero-order valence-corrected chi connectivity index (χ0v) is 10.8. The second kappa shape index (κ2) is 7.86. The molecule has 0 bridgehead atoms. The molecule has 0 saturated heterocycles. The third-order valence-electron chi connectivity index (χ3n) is 2.10. The Morgan fingerprint density at radius 1 is 1.53 bits per heavy atom. The van der Waals surface area contributed by atoms with Crippen LogP contribution in [-0.4, -0.2) is 48.1 Å². The highest BCUT2D eigenvalue weighted by atomic mass is 35.5. The van der Waals surface area contributed by atoms with E-state index < -0.39 is 5.97 Å². The van der Waals surface area contributed by atoms with Crippen LogP contribution in [0.25, 0.3) is 0 Å². The van der Waals surface area contributed by atoms with Gasteiger partial charge >= 0.3 is 5.97 Å². The number of aromatic carboxylic acids is 1. The van der Waals surface area contributed by atoms with E-state index in [-0.39, 0.29) is 18.0 Å². The third-order valence-corrected chi connectivity index (χ3v) is 2.10. The molecule has 0 fully saturated rings. The zero-order chi connectivity index (χ0) is 12.0. The first-order chi connectivity index (χ1) is 7.59. The predicted octanol–water partition coefficient (Wildman–Crippen LogP) is 1.57. The fraction of sp³-hybridized carbons (Fsp3) is 0.455. The Labute approximate surface area is 107 Å². The molecule has 1 rings (SSSR count). The Bertz CT molecular complexity index is 358. The molecule has 0 aliphatic rings. The molecule has 17 heavy (non-hydrogen) atoms. The highest BCUT2D eigenvalue weighted by Crippen LogP contribution is 2.06. The molecule has 0 atom stereocenters. The number of rotatable bonds is 6. The van der Waals surface area contributed by atoms with Gasteiger partial charge in [0.15, 0.2) is 0 Å². The molecule has 0 amide bonds. The molecule has 0 aliphatic heterocycles. The van der Waals surface area contributed by atoms with Crippen molar-refractivity contribution in [1.82, 2.24) is 9.88 Å². The van der Waals surface area contributed by atoms with Crippen molar-refractivity contribution in [3.8, 4) is 0 Å². The molecule has 1 aromatic heterocycles. The Morgan fingerprint density at radius 3 is 2.82 bits per heavy atom. The Morgan fingerprint density at radius 2 is 2.24 bits per heavy atom. The van der Waals surface area contributed by atoms with Gasteiger partial charge in [0.1, 0.15) is 5.82 Å². The molecule has 0 unspecified atom stereocenters. The largest absolute Gasteiger partial charge is 0.478 e. The normalized spacial score (nSPS) is 9.82. The van der Waals surface area contributed by atoms with Crippen LogP contribution in [0.1, 0.15) is 16.8 Å². The van der Waals surface area contributed by atoms with Crippen LogP contribution in [-0.2, 0) is 0 Å². The van der Waals surface area contributed by atoms with Crippen LogP contribution in [0.15, 0.2) is 18.3 Å². The quantitative estimate of drug-likeness (QED) is 0.759. The van der Waals surface area contributed by atoms with Gasteiger partial charge in [-0.1, -0.05) is 0 Å². The van der Waals surface area contributed by atoms with Crippen molar-refractivity contribution in [1.29, 1.82) is 0 Å². The molecule has 2 N–H and O–H groups in total. The summed E-state index contributed by atoms with van der Waals surface area (Å²) in [6.45, 7) is 1.78. The molecular weight excluding hydrogens is 242 g/mol. The average molecular weight is 260 g/mol. The van der Waals surface area contributed by atoms with E-state index >= 15 is 0 Å². The maximum Gasteiger partial charge on any atom is 0.335 e. The number of halogens is 1. The maximum atomic E-state index is 10.7. The molecular formula is C11H18ClN3O2. The van der Waals surface area contributed by atoms with E-state index in [0.717, 1.165) is 19.5 Å². The van der Waals surface area contributed by atoms with Crippen molar-refractivity contribution in [2.75, 3.05) is 32.5 Å². The van der Waals surface area contributed by atoms with E-state index in [1.165, 1.54) is 18.3 Å². The second-order valence-electron chi connectivity index (χ2n) is 3.82. The van der Waals surface area contributed by atoms with Gasteiger partial charge in [-0.3, -0.25) is 0 Å². The third kappa shape index (κ3) is 6.09. The molecule has 0 aliphatic carbocycles. The number of anilines is 1. The summed E-state index contributed by atoms with van der Waals surface area (Å²) < 4.78 is 0. The van der Waals surface area contributed by atoms with Crippen molar-refractivity contribution in [3.63, 3.8) is 0 Å². The highest BCUT2D eigenvalue weighted by Gasteiger charge is 2.03. The van der Waals surface area contributed by atoms with Crippen LogP contribution in [0.4, 0.5) is 5.82 Å². The molecule has 0 radical (unpaired) electrons. The monoisotopic (exact) mass is 259 g/mol. The van der Waals surface area contributed by atoms with Crippen molar-refractivity contribution < 1.29 is 9.90 Å². The van der Waals surface area contributed by atoms with Gasteiger partial charge in [-0.2, -0.15) is 0 Å². The first kappa shape index (κ1) is 15.7. The van der Waals surface area contributed by atoms with Crippen LogP contribution < -0.4 is 5.32 Å². The van der Waals surface area contributed by atoms with E-state index in [4.69, 9.17) is 5.11 Å². The van der Waals surface area contributed by atoms with E-state index in [1.54, 1.807) is 0 Å². The van der Waals surface area contributed by atoms with Gasteiger partial charge in [0.05, 0.1) is 5.56 Å². The van der Waals surface area contributed by atoms with Gasteiger partial charge in [-0.05, 0) is 39.2 Å². The number of nitrogens with zero attached hydrogens (tertiary/aromatic N) is 2. The van der Waals surface area contributed by atoms with E-state index in [1.807, 2.05) is 14.1 Å². The lowest BCUT2D eigenvalue weighted by atomic mass is 10.2. The SMILES string of the molecule is CN(C)CCCNc1cc(C(=O)O)ccn1.Cl. The summed E-state index contributed by atoms with van der Waals surface area (Å²) in [4.78, 5) is 16.9. The van der Waals surface area contributed by atoms with Crippen LogP contribution in [0.5, 0.6) is 0 Å². The van der Waals surface area contributed by atoms with Crippen LogP contribution in [0.3, 0.4) is 0 Å². The lowest BCUT2D eigenvalue weighted by molar-refractivity contribution is 0.0697. The minimum absolute atomic E-state index is 0. The van der Waals surface area contributed by atoms with Gasteiger partial charge < -0.3 is 15.3 Å². The number of nitrogens with one attached hydrogen (secondary N) is 1. The number of hydrogen-bond donors (Lipinski definition) is 2. The fourth-order valence-electron chi connectivity index (χ4n) is 1.27. The Kier molecular flexibility index (Phi) is 7.25. The van der Waals surface area contributed by atoms with Gasteiger partial charge in [-0.15, -0.1) is 12.4 Å². The first-order valence-electron chi connectivity index (χ1n) is 5.17. The lowest BCUT2D eigenvalue weighted by Crippen LogP contribution is -2.16. The first-order valence-corrected chi connectivity index (χ1v) is 5.17. The molecule has 1 aromatic rings. The van der Waals surface area contributed by atoms with Crippen molar-refractivity contribution in [3.05, 3.63) is 23.9 Å². The van der Waals surface area contributed by atoms with E-state index in [9.17, 15) is 4.79 Å². The number of carboxylic acids is 1. The number of hydrogen-bond acceptors (Lipinski definition) is 4. The summed E-state index contributed by atoms with van der Waals surface area (Å²) in [5.41, 5.74) is 0.255. The molecule has 96 valence electrons. The Hall–Kier alpha value is -1.33. The molecule has 5 nitrogen and oxygen atoms in total. The van der Waals surface area contributed by atoms with E-state index in [2.05, 4.69) is 15.2 Å². The maximum absolute atomic E-state index is 10.7. The summed E-state index contributed by atoms with van der Waals surface area (Å²) in [5.74, 6) is -0.322. The zero-order valence-electron chi connectivity index (χ0n) is 10.0. The van der Waals surface area contributed by atoms with Gasteiger partial charge in [0.25, 0.3) is 0 Å². The summed E-state index contributed by atoms with van der Waals surface area (Å²) in [7, 11) is 4.03. The van der Waals surface area contributed by atoms with Gasteiger partial charge in [-0.25, -0.2) is 9.78 Å². The smallest absolute Gasteiger partial charge is 0.335 e. The van der Waals surface area contributed by atoms with Crippen LogP contribution >= 0.6 is 12.4 Å². The minimum atomic E-state index is -0.932. The van der Waals surface area contributed by atoms with Gasteiger partial charge in [0, 0.05) is 12.7 Å². The van der Waals surface area contributed by atoms with E-state index in [0.29, 0.717) is 5.82 Å². The molecule has 0 aromatic carbocycles. The number of carbonyl (C=O) groups is 1. The van der Waals surface area contributed by atoms with Gasteiger partial charge in [0.2, 0.25) is 0 Å². The second-order valence-corrected chi connectivity index (χ2v) is 3.82. The summed E-state index contributed by atoms with van der Waals surface area (Å²) in [5, 5.41) is 11.9. The topological polar surface area (TPSA) is 65.5 Å². The fourth-order valence-corrected chi connectivity index (χ4v) is 1.27. The van der Waals surface area contributed by atoms with Crippen molar-refractivity contribution in [2.45, 2.75) is 6.42 Å². The van der Waals surface area contributed by atoms with Crippen LogP contribution in [0, 0.1) is 0 Å². The summed E-state index contributed by atoms with van der Waals surface area (Å²) >= 11 is 0. The van der Waals surface area contributed by atoms with Crippen molar-refractivity contribution in [2.24, 2.45) is 0 Å². The highest BCUT2D eigenvalue weighted by molar-refractivity contribution is 5.88. The predicted molar refractivity (Wildman–Crippen MR) is 70.1 cm³/mol. The molecule has 6 heteroatoms. The summed E-state index contributed by atoms with van der Waals surface area (Å²) in [6.07, 6.45) is 2.49. The lowest BCUT2D eigenvalue weighted by Gasteiger charge is -2.10.